The lowest BCUT2D eigenvalue weighted by Gasteiger charge is -2.33. The van der Waals surface area contributed by atoms with Gasteiger partial charge in [-0.1, -0.05) is 36.4 Å². The van der Waals surface area contributed by atoms with Crippen molar-refractivity contribution in [1.29, 1.82) is 0 Å². The Hall–Kier alpha value is -4.37. The molecule has 0 aliphatic rings. The molecule has 0 bridgehead atoms. The summed E-state index contributed by atoms with van der Waals surface area (Å²) in [4.78, 5) is 23.3. The summed E-state index contributed by atoms with van der Waals surface area (Å²) >= 11 is 0. The largest absolute Gasteiger partial charge is 0.497 e. The van der Waals surface area contributed by atoms with E-state index in [1.54, 1.807) is 18.0 Å². The van der Waals surface area contributed by atoms with Crippen LogP contribution in [0.2, 0.25) is 0 Å². The second-order valence-corrected chi connectivity index (χ2v) is 10.3. The average Bonchev–Trinajstić information content (AvgIpc) is 3.40. The van der Waals surface area contributed by atoms with Gasteiger partial charge in [0.1, 0.15) is 11.8 Å². The fourth-order valence-corrected chi connectivity index (χ4v) is 4.66. The van der Waals surface area contributed by atoms with Gasteiger partial charge in [-0.3, -0.25) is 14.7 Å². The summed E-state index contributed by atoms with van der Waals surface area (Å²) in [5.41, 5.74) is 2.80. The van der Waals surface area contributed by atoms with Gasteiger partial charge in [-0.15, -0.1) is 5.10 Å². The summed E-state index contributed by atoms with van der Waals surface area (Å²) in [5.74, 6) is 1.30. The third-order valence-corrected chi connectivity index (χ3v) is 6.45. The van der Waals surface area contributed by atoms with E-state index in [9.17, 15) is 4.79 Å². The van der Waals surface area contributed by atoms with Crippen LogP contribution in [0.1, 0.15) is 49.3 Å². The number of hydrogen-bond donors (Lipinski definition) is 1. The molecule has 1 N–H and O–H groups in total. The van der Waals surface area contributed by atoms with Gasteiger partial charge in [0.2, 0.25) is 0 Å². The maximum absolute atomic E-state index is 13.7. The molecule has 0 aliphatic heterocycles. The van der Waals surface area contributed by atoms with E-state index in [4.69, 9.17) is 4.74 Å². The van der Waals surface area contributed by atoms with Crippen molar-refractivity contribution in [1.82, 2.24) is 35.1 Å². The predicted octanol–water partition coefficient (Wildman–Crippen LogP) is 4.47. The molecule has 1 atom stereocenters. The number of tetrazole rings is 1. The van der Waals surface area contributed by atoms with Crippen LogP contribution >= 0.6 is 0 Å². The van der Waals surface area contributed by atoms with E-state index < -0.39 is 11.6 Å². The molecule has 9 nitrogen and oxygen atoms in total. The number of nitrogens with one attached hydrogen (secondary N) is 1. The minimum Gasteiger partial charge on any atom is -0.497 e. The molecule has 3 aromatic heterocycles. The predicted molar refractivity (Wildman–Crippen MR) is 146 cm³/mol. The number of aromatic nitrogens is 6. The van der Waals surface area contributed by atoms with Crippen molar-refractivity contribution < 1.29 is 4.74 Å². The first kappa shape index (κ1) is 25.3. The van der Waals surface area contributed by atoms with Gasteiger partial charge in [0.15, 0.2) is 5.82 Å². The Morgan fingerprint density at radius 3 is 2.47 bits per heavy atom. The summed E-state index contributed by atoms with van der Waals surface area (Å²) in [7, 11) is 1.63. The molecule has 0 saturated heterocycles. The quantitative estimate of drug-likeness (QED) is 0.329. The molecule has 0 spiro atoms. The first-order chi connectivity index (χ1) is 18.3. The summed E-state index contributed by atoms with van der Waals surface area (Å²) in [6.07, 6.45) is 3.60. The highest BCUT2D eigenvalue weighted by molar-refractivity contribution is 5.80. The SMILES string of the molecule is COc1ccc2[nH]c(=O)c([C@@H](c3nnnn3C(C)(C)C)N(Cc3ccccc3)Cc3cccnc3)cc2c1. The molecule has 5 aromatic rings. The molecule has 2 aromatic carbocycles. The van der Waals surface area contributed by atoms with E-state index in [1.807, 2.05) is 81.6 Å². The Kier molecular flexibility index (Phi) is 7.02. The smallest absolute Gasteiger partial charge is 0.253 e. The minimum atomic E-state index is -0.552. The van der Waals surface area contributed by atoms with E-state index in [0.717, 1.165) is 22.0 Å². The molecule has 3 heterocycles. The highest BCUT2D eigenvalue weighted by Crippen LogP contribution is 2.32. The van der Waals surface area contributed by atoms with Gasteiger partial charge in [0, 0.05) is 41.9 Å². The zero-order valence-corrected chi connectivity index (χ0v) is 22.0. The maximum atomic E-state index is 13.7. The minimum absolute atomic E-state index is 0.194. The first-order valence-electron chi connectivity index (χ1n) is 12.5. The van der Waals surface area contributed by atoms with E-state index in [1.165, 1.54) is 0 Å². The number of H-pyrrole nitrogens is 1. The number of fused-ring (bicyclic) bond motifs is 1. The number of rotatable bonds is 8. The fraction of sp³-hybridized carbons (Fsp3) is 0.276. The molecular formula is C29H31N7O2. The number of aromatic amines is 1. The topological polar surface area (TPSA) is 102 Å². The summed E-state index contributed by atoms with van der Waals surface area (Å²) in [6.45, 7) is 7.22. The van der Waals surface area contributed by atoms with Crippen LogP contribution in [0.5, 0.6) is 5.75 Å². The van der Waals surface area contributed by atoms with Gasteiger partial charge in [0.25, 0.3) is 5.56 Å². The molecule has 9 heteroatoms. The van der Waals surface area contributed by atoms with Crippen LogP contribution in [-0.2, 0) is 18.6 Å². The number of pyridine rings is 2. The third kappa shape index (κ3) is 5.33. The number of ether oxygens (including phenoxy) is 1. The van der Waals surface area contributed by atoms with E-state index in [0.29, 0.717) is 30.2 Å². The fourth-order valence-electron chi connectivity index (χ4n) is 4.66. The standard InChI is InChI=1S/C29H31N7O2/c1-29(2,3)36-27(32-33-34-36)26(24-16-22-15-23(38-4)12-13-25(22)31-28(24)37)35(18-20-9-6-5-7-10-20)19-21-11-8-14-30-17-21/h5-17,26H,18-19H2,1-4H3,(H,31,37)/t26-/m0/s1. The molecule has 0 saturated carbocycles. The van der Waals surface area contributed by atoms with Crippen molar-refractivity contribution in [3.8, 4) is 5.75 Å². The van der Waals surface area contributed by atoms with Gasteiger partial charge in [0.05, 0.1) is 12.6 Å². The third-order valence-electron chi connectivity index (χ3n) is 6.45. The zero-order chi connectivity index (χ0) is 26.7. The van der Waals surface area contributed by atoms with Gasteiger partial charge in [-0.2, -0.15) is 0 Å². The monoisotopic (exact) mass is 509 g/mol. The van der Waals surface area contributed by atoms with Crippen LogP contribution in [0.15, 0.2) is 83.9 Å². The van der Waals surface area contributed by atoms with Crippen LogP contribution < -0.4 is 10.3 Å². The number of methoxy groups -OCH3 is 1. The molecule has 5 rings (SSSR count). The van der Waals surface area contributed by atoms with Crippen LogP contribution in [0.3, 0.4) is 0 Å². The van der Waals surface area contributed by atoms with Crippen LogP contribution in [0, 0.1) is 0 Å². The molecular weight excluding hydrogens is 478 g/mol. The van der Waals surface area contributed by atoms with Crippen molar-refractivity contribution in [2.45, 2.75) is 45.4 Å². The number of benzene rings is 2. The van der Waals surface area contributed by atoms with Crippen molar-refractivity contribution >= 4 is 10.9 Å². The number of nitrogens with zero attached hydrogens (tertiary/aromatic N) is 6. The lowest BCUT2D eigenvalue weighted by atomic mass is 10.00. The van der Waals surface area contributed by atoms with E-state index in [2.05, 4.69) is 42.5 Å². The second kappa shape index (κ2) is 10.5. The lowest BCUT2D eigenvalue weighted by Crippen LogP contribution is -2.37. The van der Waals surface area contributed by atoms with Gasteiger partial charge in [-0.05, 0) is 72.7 Å². The Labute approximate surface area is 221 Å². The Bertz CT molecular complexity index is 1530. The van der Waals surface area contributed by atoms with Crippen LogP contribution in [0.25, 0.3) is 10.9 Å². The normalized spacial score (nSPS) is 12.7. The van der Waals surface area contributed by atoms with Gasteiger partial charge in [-0.25, -0.2) is 4.68 Å². The summed E-state index contributed by atoms with van der Waals surface area (Å²) in [6, 6.07) is 21.1. The highest BCUT2D eigenvalue weighted by Gasteiger charge is 2.33. The van der Waals surface area contributed by atoms with Crippen LogP contribution in [-0.4, -0.2) is 42.2 Å². The lowest BCUT2D eigenvalue weighted by molar-refractivity contribution is 0.184. The van der Waals surface area contributed by atoms with E-state index in [-0.39, 0.29) is 5.56 Å². The van der Waals surface area contributed by atoms with Crippen LogP contribution in [0.4, 0.5) is 0 Å². The van der Waals surface area contributed by atoms with Gasteiger partial charge >= 0.3 is 0 Å². The van der Waals surface area contributed by atoms with Gasteiger partial charge < -0.3 is 9.72 Å². The molecule has 0 unspecified atom stereocenters. The molecule has 0 aliphatic carbocycles. The Morgan fingerprint density at radius 1 is 1.00 bits per heavy atom. The van der Waals surface area contributed by atoms with Crippen molar-refractivity contribution in [2.24, 2.45) is 0 Å². The average molecular weight is 510 g/mol. The molecule has 0 radical (unpaired) electrons. The second-order valence-electron chi connectivity index (χ2n) is 10.3. The number of hydrogen-bond acceptors (Lipinski definition) is 7. The van der Waals surface area contributed by atoms with Crippen molar-refractivity contribution in [3.05, 3.63) is 112 Å². The summed E-state index contributed by atoms with van der Waals surface area (Å²) in [5, 5.41) is 13.7. The highest BCUT2D eigenvalue weighted by atomic mass is 16.5. The molecule has 194 valence electrons. The Morgan fingerprint density at radius 2 is 1.76 bits per heavy atom. The summed E-state index contributed by atoms with van der Waals surface area (Å²) < 4.78 is 7.25. The zero-order valence-electron chi connectivity index (χ0n) is 22.0. The molecule has 38 heavy (non-hydrogen) atoms. The first-order valence-corrected chi connectivity index (χ1v) is 12.5. The van der Waals surface area contributed by atoms with Crippen molar-refractivity contribution in [3.63, 3.8) is 0 Å². The maximum Gasteiger partial charge on any atom is 0.253 e. The molecule has 0 fully saturated rings. The molecule has 0 amide bonds. The van der Waals surface area contributed by atoms with Crippen molar-refractivity contribution in [2.75, 3.05) is 7.11 Å². The van der Waals surface area contributed by atoms with E-state index >= 15 is 0 Å². The Balaban J connectivity index is 1.73.